The van der Waals surface area contributed by atoms with Crippen LogP contribution in [0.5, 0.6) is 0 Å². The summed E-state index contributed by atoms with van der Waals surface area (Å²) in [6.07, 6.45) is 8.56. The van der Waals surface area contributed by atoms with Crippen molar-refractivity contribution in [2.75, 3.05) is 13.1 Å². The lowest BCUT2D eigenvalue weighted by atomic mass is 9.94. The van der Waals surface area contributed by atoms with Crippen molar-refractivity contribution in [3.05, 3.63) is 66.4 Å². The molecular formula is C23H23N5O2. The van der Waals surface area contributed by atoms with Gasteiger partial charge < -0.3 is 14.4 Å². The van der Waals surface area contributed by atoms with Crippen molar-refractivity contribution >= 4 is 16.8 Å². The van der Waals surface area contributed by atoms with Crippen LogP contribution in [0.1, 0.15) is 24.2 Å². The number of hydrogen-bond donors (Lipinski definition) is 1. The first-order valence-corrected chi connectivity index (χ1v) is 10.3. The fourth-order valence-electron chi connectivity index (χ4n) is 4.21. The van der Waals surface area contributed by atoms with Crippen molar-refractivity contribution in [3.63, 3.8) is 0 Å². The predicted octanol–water partition coefficient (Wildman–Crippen LogP) is 3.64. The van der Waals surface area contributed by atoms with Gasteiger partial charge in [0.15, 0.2) is 5.82 Å². The molecule has 152 valence electrons. The number of fused-ring (bicyclic) bond motifs is 1. The van der Waals surface area contributed by atoms with Crippen LogP contribution in [0.3, 0.4) is 0 Å². The molecule has 0 spiro atoms. The van der Waals surface area contributed by atoms with Crippen LogP contribution in [0.4, 0.5) is 0 Å². The lowest BCUT2D eigenvalue weighted by molar-refractivity contribution is -0.132. The van der Waals surface area contributed by atoms with Crippen molar-refractivity contribution in [2.45, 2.75) is 25.7 Å². The molecule has 5 rings (SSSR count). The van der Waals surface area contributed by atoms with E-state index < -0.39 is 0 Å². The van der Waals surface area contributed by atoms with Gasteiger partial charge in [-0.25, -0.2) is 0 Å². The van der Waals surface area contributed by atoms with Crippen molar-refractivity contribution in [2.24, 2.45) is 5.92 Å². The summed E-state index contributed by atoms with van der Waals surface area (Å²) in [5.74, 6) is 1.68. The number of nitrogens with zero attached hydrogens (tertiary/aromatic N) is 4. The molecule has 1 N–H and O–H groups in total. The zero-order valence-electron chi connectivity index (χ0n) is 16.6. The summed E-state index contributed by atoms with van der Waals surface area (Å²) >= 11 is 0. The number of carbonyl (C=O) groups excluding carboxylic acids is 1. The molecule has 4 aromatic rings. The van der Waals surface area contributed by atoms with Crippen LogP contribution in [0.15, 0.2) is 59.5 Å². The van der Waals surface area contributed by atoms with Gasteiger partial charge >= 0.3 is 0 Å². The molecular weight excluding hydrogens is 378 g/mol. The number of hydrogen-bond acceptors (Lipinski definition) is 5. The summed E-state index contributed by atoms with van der Waals surface area (Å²) in [6.45, 7) is 1.54. The maximum atomic E-state index is 13.0. The van der Waals surface area contributed by atoms with Gasteiger partial charge in [0.1, 0.15) is 0 Å². The molecule has 1 fully saturated rings. The first kappa shape index (κ1) is 18.5. The molecule has 1 aliphatic rings. The topological polar surface area (TPSA) is 87.9 Å². The van der Waals surface area contributed by atoms with Gasteiger partial charge in [-0.3, -0.25) is 9.78 Å². The first-order valence-electron chi connectivity index (χ1n) is 10.3. The van der Waals surface area contributed by atoms with Crippen LogP contribution in [-0.2, 0) is 17.6 Å². The zero-order chi connectivity index (χ0) is 20.3. The van der Waals surface area contributed by atoms with Gasteiger partial charge in [-0.15, -0.1) is 0 Å². The molecule has 0 radical (unpaired) electrons. The van der Waals surface area contributed by atoms with Crippen LogP contribution in [0.25, 0.3) is 22.4 Å². The average Bonchev–Trinajstić information content (AvgIpc) is 3.42. The number of amides is 1. The highest BCUT2D eigenvalue weighted by molar-refractivity contribution is 5.88. The predicted molar refractivity (Wildman–Crippen MR) is 113 cm³/mol. The number of piperidine rings is 1. The minimum atomic E-state index is 0.175. The Bertz CT molecular complexity index is 1150. The third-order valence-corrected chi connectivity index (χ3v) is 5.74. The van der Waals surface area contributed by atoms with Gasteiger partial charge in [-0.1, -0.05) is 23.4 Å². The van der Waals surface area contributed by atoms with Crippen LogP contribution in [0.2, 0.25) is 0 Å². The van der Waals surface area contributed by atoms with Crippen LogP contribution in [-0.4, -0.2) is 44.0 Å². The molecule has 1 amide bonds. The number of pyridine rings is 1. The Morgan fingerprint density at radius 3 is 3.07 bits per heavy atom. The second-order valence-corrected chi connectivity index (χ2v) is 7.85. The summed E-state index contributed by atoms with van der Waals surface area (Å²) < 4.78 is 5.39. The second-order valence-electron chi connectivity index (χ2n) is 7.85. The third-order valence-electron chi connectivity index (χ3n) is 5.74. The highest BCUT2D eigenvalue weighted by Crippen LogP contribution is 2.24. The third kappa shape index (κ3) is 3.83. The van der Waals surface area contributed by atoms with E-state index in [0.717, 1.165) is 48.0 Å². The Hall–Kier alpha value is -3.48. The molecule has 30 heavy (non-hydrogen) atoms. The normalized spacial score (nSPS) is 16.8. The Morgan fingerprint density at radius 2 is 2.17 bits per heavy atom. The zero-order valence-corrected chi connectivity index (χ0v) is 16.6. The molecule has 0 aliphatic carbocycles. The highest BCUT2D eigenvalue weighted by Gasteiger charge is 2.26. The Labute approximate surface area is 174 Å². The molecule has 7 heteroatoms. The number of H-pyrrole nitrogens is 1. The Balaban J connectivity index is 1.23. The SMILES string of the molecule is O=C(Cc1c[nH]c2ccccc12)N1CCCC(Cc2noc(-c3cccnc3)n2)C1. The number of aromatic amines is 1. The molecule has 4 heterocycles. The maximum absolute atomic E-state index is 13.0. The van der Waals surface area contributed by atoms with Crippen molar-refractivity contribution in [3.8, 4) is 11.5 Å². The second kappa shape index (κ2) is 8.10. The van der Waals surface area contributed by atoms with E-state index in [1.54, 1.807) is 12.4 Å². The van der Waals surface area contributed by atoms with Crippen LogP contribution in [0, 0.1) is 5.92 Å². The van der Waals surface area contributed by atoms with E-state index in [2.05, 4.69) is 26.2 Å². The Kier molecular flexibility index (Phi) is 5.01. The maximum Gasteiger partial charge on any atom is 0.259 e. The van der Waals surface area contributed by atoms with Gasteiger partial charge in [-0.2, -0.15) is 4.98 Å². The van der Waals surface area contributed by atoms with Gasteiger partial charge in [-0.05, 0) is 42.5 Å². The molecule has 7 nitrogen and oxygen atoms in total. The van der Waals surface area contributed by atoms with Gasteiger partial charge in [0.05, 0.1) is 12.0 Å². The summed E-state index contributed by atoms with van der Waals surface area (Å²) in [6, 6.07) is 11.8. The van der Waals surface area contributed by atoms with E-state index in [1.165, 1.54) is 0 Å². The van der Waals surface area contributed by atoms with Gasteiger partial charge in [0.2, 0.25) is 5.91 Å². The molecule has 1 atom stereocenters. The van der Waals surface area contributed by atoms with E-state index >= 15 is 0 Å². The fourth-order valence-corrected chi connectivity index (χ4v) is 4.21. The number of likely N-dealkylation sites (tertiary alicyclic amines) is 1. The van der Waals surface area contributed by atoms with E-state index in [1.807, 2.05) is 41.4 Å². The van der Waals surface area contributed by atoms with E-state index in [-0.39, 0.29) is 5.91 Å². The van der Waals surface area contributed by atoms with Crippen molar-refractivity contribution < 1.29 is 9.32 Å². The molecule has 3 aromatic heterocycles. The molecule has 1 aliphatic heterocycles. The smallest absolute Gasteiger partial charge is 0.259 e. The van der Waals surface area contributed by atoms with E-state index in [9.17, 15) is 4.79 Å². The number of nitrogens with one attached hydrogen (secondary N) is 1. The minimum absolute atomic E-state index is 0.175. The van der Waals surface area contributed by atoms with Gasteiger partial charge in [0.25, 0.3) is 5.89 Å². The first-order chi connectivity index (χ1) is 14.8. The number of aromatic nitrogens is 4. The molecule has 1 unspecified atom stereocenters. The van der Waals surface area contributed by atoms with Crippen LogP contribution >= 0.6 is 0 Å². The summed E-state index contributed by atoms with van der Waals surface area (Å²) in [4.78, 5) is 26.8. The van der Waals surface area contributed by atoms with Crippen molar-refractivity contribution in [1.82, 2.24) is 25.0 Å². The van der Waals surface area contributed by atoms with Gasteiger partial charge in [0, 0.05) is 49.0 Å². The summed E-state index contributed by atoms with van der Waals surface area (Å²) in [5.41, 5.74) is 2.94. The fraction of sp³-hybridized carbons (Fsp3) is 0.304. The number of carbonyl (C=O) groups is 1. The van der Waals surface area contributed by atoms with E-state index in [0.29, 0.717) is 30.5 Å². The Morgan fingerprint density at radius 1 is 1.23 bits per heavy atom. The number of para-hydroxylation sites is 1. The lowest BCUT2D eigenvalue weighted by Gasteiger charge is -2.32. The summed E-state index contributed by atoms with van der Waals surface area (Å²) in [7, 11) is 0. The highest BCUT2D eigenvalue weighted by atomic mass is 16.5. The average molecular weight is 401 g/mol. The van der Waals surface area contributed by atoms with Crippen molar-refractivity contribution in [1.29, 1.82) is 0 Å². The molecule has 1 aromatic carbocycles. The number of rotatable bonds is 5. The lowest BCUT2D eigenvalue weighted by Crippen LogP contribution is -2.41. The molecule has 0 saturated carbocycles. The molecule has 1 saturated heterocycles. The van der Waals surface area contributed by atoms with Crippen LogP contribution < -0.4 is 0 Å². The monoisotopic (exact) mass is 401 g/mol. The van der Waals surface area contributed by atoms with E-state index in [4.69, 9.17) is 4.52 Å². The number of benzene rings is 1. The quantitative estimate of drug-likeness (QED) is 0.552. The standard InChI is InChI=1S/C23H23N5O2/c29-22(12-18-14-25-20-8-2-1-7-19(18)20)28-10-4-5-16(15-28)11-21-26-23(30-27-21)17-6-3-9-24-13-17/h1-3,6-9,13-14,16,25H,4-5,10-12,15H2. The molecule has 0 bridgehead atoms. The summed E-state index contributed by atoms with van der Waals surface area (Å²) in [5, 5.41) is 5.25. The minimum Gasteiger partial charge on any atom is -0.361 e. The largest absolute Gasteiger partial charge is 0.361 e.